The Morgan fingerprint density at radius 1 is 1.08 bits per heavy atom. The molecule has 6 nitrogen and oxygen atoms in total. The van der Waals surface area contributed by atoms with Crippen LogP contribution < -0.4 is 11.1 Å². The number of benzene rings is 1. The molecule has 0 unspecified atom stereocenters. The van der Waals surface area contributed by atoms with Gasteiger partial charge in [-0.05, 0) is 29.8 Å². The number of rotatable bonds is 6. The number of nitrogens with zero attached hydrogens (tertiary/aromatic N) is 4. The van der Waals surface area contributed by atoms with Gasteiger partial charge >= 0.3 is 0 Å². The molecule has 3 rings (SSSR count). The van der Waals surface area contributed by atoms with Crippen LogP contribution in [0.15, 0.2) is 61.4 Å². The minimum absolute atomic E-state index is 0.225. The van der Waals surface area contributed by atoms with E-state index in [9.17, 15) is 0 Å². The Balaban J connectivity index is 1.70. The molecule has 0 aliphatic heterocycles. The topological polar surface area (TPSA) is 89.6 Å². The number of aromatic nitrogens is 4. The van der Waals surface area contributed by atoms with E-state index in [-0.39, 0.29) is 5.41 Å². The lowest BCUT2D eigenvalue weighted by Crippen LogP contribution is -2.30. The minimum atomic E-state index is -0.225. The average Bonchev–Trinajstić information content (AvgIpc) is 2.68. The fraction of sp³-hybridized carbons (Fsp3) is 0.200. The standard InChI is InChI=1S/C20H22N6/c1-14(21)15-6-4-7-16(12-15)17-8-9-18(26-25-17)24-13-20(2,3)19-22-10-5-11-23-19/h4-12H,1,13,21H2,2-3H3,(H,24,26). The van der Waals surface area contributed by atoms with Gasteiger partial charge in [-0.25, -0.2) is 9.97 Å². The fourth-order valence-electron chi connectivity index (χ4n) is 2.50. The zero-order chi connectivity index (χ0) is 18.6. The molecule has 0 aliphatic rings. The van der Waals surface area contributed by atoms with Gasteiger partial charge in [0.15, 0.2) is 0 Å². The number of hydrogen-bond acceptors (Lipinski definition) is 6. The van der Waals surface area contributed by atoms with Crippen molar-refractivity contribution >= 4 is 11.5 Å². The van der Waals surface area contributed by atoms with Crippen molar-refractivity contribution in [2.75, 3.05) is 11.9 Å². The summed E-state index contributed by atoms with van der Waals surface area (Å²) < 4.78 is 0. The van der Waals surface area contributed by atoms with Crippen molar-refractivity contribution < 1.29 is 0 Å². The first kappa shape index (κ1) is 17.5. The predicted octanol–water partition coefficient (Wildman–Crippen LogP) is 3.25. The smallest absolute Gasteiger partial charge is 0.148 e. The van der Waals surface area contributed by atoms with E-state index < -0.39 is 0 Å². The maximum Gasteiger partial charge on any atom is 0.148 e. The molecule has 0 saturated carbocycles. The molecule has 0 fully saturated rings. The van der Waals surface area contributed by atoms with Crippen LogP contribution in [0.3, 0.4) is 0 Å². The molecule has 0 saturated heterocycles. The molecule has 132 valence electrons. The Morgan fingerprint density at radius 2 is 1.85 bits per heavy atom. The maximum atomic E-state index is 5.76. The van der Waals surface area contributed by atoms with E-state index >= 15 is 0 Å². The first-order valence-electron chi connectivity index (χ1n) is 8.36. The van der Waals surface area contributed by atoms with E-state index in [2.05, 4.69) is 45.9 Å². The highest BCUT2D eigenvalue weighted by Gasteiger charge is 2.23. The Morgan fingerprint density at radius 3 is 2.50 bits per heavy atom. The van der Waals surface area contributed by atoms with E-state index in [0.717, 1.165) is 22.6 Å². The lowest BCUT2D eigenvalue weighted by atomic mass is 9.92. The Hall–Kier alpha value is -3.28. The largest absolute Gasteiger partial charge is 0.399 e. The predicted molar refractivity (Wildman–Crippen MR) is 104 cm³/mol. The zero-order valence-electron chi connectivity index (χ0n) is 15.0. The summed E-state index contributed by atoms with van der Waals surface area (Å²) in [6.45, 7) is 8.59. The van der Waals surface area contributed by atoms with Crippen LogP contribution in [0.5, 0.6) is 0 Å². The van der Waals surface area contributed by atoms with Crippen molar-refractivity contribution in [2.24, 2.45) is 5.73 Å². The normalized spacial score (nSPS) is 11.2. The molecule has 2 aromatic heterocycles. The van der Waals surface area contributed by atoms with E-state index in [1.54, 1.807) is 12.4 Å². The van der Waals surface area contributed by atoms with Crippen molar-refractivity contribution in [3.05, 3.63) is 72.8 Å². The van der Waals surface area contributed by atoms with Crippen LogP contribution in [0.25, 0.3) is 17.0 Å². The van der Waals surface area contributed by atoms with Crippen molar-refractivity contribution in [1.29, 1.82) is 0 Å². The summed E-state index contributed by atoms with van der Waals surface area (Å²) in [5, 5.41) is 11.9. The number of anilines is 1. The monoisotopic (exact) mass is 346 g/mol. The molecular weight excluding hydrogens is 324 g/mol. The molecule has 0 radical (unpaired) electrons. The van der Waals surface area contributed by atoms with Gasteiger partial charge < -0.3 is 11.1 Å². The van der Waals surface area contributed by atoms with Crippen LogP contribution in [-0.2, 0) is 5.41 Å². The van der Waals surface area contributed by atoms with Gasteiger partial charge in [0.05, 0.1) is 5.69 Å². The van der Waals surface area contributed by atoms with Crippen LogP contribution in [0, 0.1) is 0 Å². The molecule has 2 heterocycles. The van der Waals surface area contributed by atoms with Crippen LogP contribution in [0.1, 0.15) is 25.2 Å². The molecule has 3 N–H and O–H groups in total. The number of nitrogens with two attached hydrogens (primary N) is 1. The summed E-state index contributed by atoms with van der Waals surface area (Å²) >= 11 is 0. The van der Waals surface area contributed by atoms with E-state index in [4.69, 9.17) is 5.73 Å². The summed E-state index contributed by atoms with van der Waals surface area (Å²) in [6.07, 6.45) is 3.51. The first-order valence-corrected chi connectivity index (χ1v) is 8.36. The molecule has 0 spiro atoms. The fourth-order valence-corrected chi connectivity index (χ4v) is 2.50. The van der Waals surface area contributed by atoms with Crippen molar-refractivity contribution in [2.45, 2.75) is 19.3 Å². The second-order valence-corrected chi connectivity index (χ2v) is 6.72. The molecule has 0 bridgehead atoms. The van der Waals surface area contributed by atoms with Crippen molar-refractivity contribution in [1.82, 2.24) is 20.2 Å². The highest BCUT2D eigenvalue weighted by atomic mass is 15.2. The molecule has 3 aromatic rings. The van der Waals surface area contributed by atoms with Gasteiger partial charge in [0.2, 0.25) is 0 Å². The molecule has 0 amide bonds. The molecule has 26 heavy (non-hydrogen) atoms. The van der Waals surface area contributed by atoms with E-state index in [0.29, 0.717) is 18.1 Å². The highest BCUT2D eigenvalue weighted by Crippen LogP contribution is 2.22. The molecule has 1 aromatic carbocycles. The molecule has 6 heteroatoms. The van der Waals surface area contributed by atoms with Gasteiger partial charge in [-0.3, -0.25) is 0 Å². The van der Waals surface area contributed by atoms with Crippen LogP contribution in [-0.4, -0.2) is 26.7 Å². The average molecular weight is 346 g/mol. The lowest BCUT2D eigenvalue weighted by Gasteiger charge is -2.23. The van der Waals surface area contributed by atoms with E-state index in [1.165, 1.54) is 0 Å². The quantitative estimate of drug-likeness (QED) is 0.712. The third-order valence-electron chi connectivity index (χ3n) is 4.08. The second-order valence-electron chi connectivity index (χ2n) is 6.72. The van der Waals surface area contributed by atoms with Crippen molar-refractivity contribution in [3.63, 3.8) is 0 Å². The van der Waals surface area contributed by atoms with Crippen LogP contribution in [0.4, 0.5) is 5.82 Å². The molecule has 0 atom stereocenters. The molecular formula is C20H22N6. The van der Waals surface area contributed by atoms with Crippen LogP contribution >= 0.6 is 0 Å². The maximum absolute atomic E-state index is 5.76. The first-order chi connectivity index (χ1) is 12.5. The Bertz CT molecular complexity index is 888. The van der Waals surface area contributed by atoms with Gasteiger partial charge in [0, 0.05) is 35.6 Å². The van der Waals surface area contributed by atoms with E-state index in [1.807, 2.05) is 42.5 Å². The lowest BCUT2D eigenvalue weighted by molar-refractivity contribution is 0.516. The molecule has 0 aliphatic carbocycles. The van der Waals surface area contributed by atoms with Crippen molar-refractivity contribution in [3.8, 4) is 11.3 Å². The number of hydrogen-bond donors (Lipinski definition) is 2. The minimum Gasteiger partial charge on any atom is -0.399 e. The van der Waals surface area contributed by atoms with Gasteiger partial charge in [0.25, 0.3) is 0 Å². The Labute approximate surface area is 153 Å². The third-order valence-corrected chi connectivity index (χ3v) is 4.08. The summed E-state index contributed by atoms with van der Waals surface area (Å²) in [5.74, 6) is 1.49. The summed E-state index contributed by atoms with van der Waals surface area (Å²) in [4.78, 5) is 8.67. The zero-order valence-corrected chi connectivity index (χ0v) is 15.0. The highest BCUT2D eigenvalue weighted by molar-refractivity contribution is 5.68. The summed E-state index contributed by atoms with van der Waals surface area (Å²) in [6, 6.07) is 13.4. The van der Waals surface area contributed by atoms with Crippen LogP contribution in [0.2, 0.25) is 0 Å². The van der Waals surface area contributed by atoms with Gasteiger partial charge in [0.1, 0.15) is 11.6 Å². The van der Waals surface area contributed by atoms with Gasteiger partial charge in [-0.2, -0.15) is 0 Å². The Kier molecular flexibility index (Phi) is 4.93. The van der Waals surface area contributed by atoms with Gasteiger partial charge in [-0.15, -0.1) is 10.2 Å². The summed E-state index contributed by atoms with van der Waals surface area (Å²) in [7, 11) is 0. The second kappa shape index (κ2) is 7.31. The third kappa shape index (κ3) is 4.03. The number of nitrogens with one attached hydrogen (secondary N) is 1. The SMILES string of the molecule is C=C(N)c1cccc(-c2ccc(NCC(C)(C)c3ncccn3)nn2)c1. The summed E-state index contributed by atoms with van der Waals surface area (Å²) in [5.41, 5.74) is 8.69. The van der Waals surface area contributed by atoms with Gasteiger partial charge in [-0.1, -0.05) is 38.6 Å².